The molecule has 0 spiro atoms. The summed E-state index contributed by atoms with van der Waals surface area (Å²) in [5, 5.41) is 12.2. The Morgan fingerprint density at radius 3 is 3.13 bits per heavy atom. The summed E-state index contributed by atoms with van der Waals surface area (Å²) in [6.45, 7) is 5.18. The third-order valence-electron chi connectivity index (χ3n) is 2.79. The van der Waals surface area contributed by atoms with Gasteiger partial charge in [-0.05, 0) is 39.2 Å². The molecule has 1 rings (SSSR count). The Labute approximate surface area is 92.5 Å². The number of aliphatic hydroxyl groups excluding tert-OH is 1. The summed E-state index contributed by atoms with van der Waals surface area (Å²) in [7, 11) is 0. The predicted octanol–water partition coefficient (Wildman–Crippen LogP) is 1.47. The van der Waals surface area contributed by atoms with E-state index in [-0.39, 0.29) is 0 Å². The Morgan fingerprint density at radius 2 is 2.47 bits per heavy atom. The first-order valence-corrected chi connectivity index (χ1v) is 5.93. The van der Waals surface area contributed by atoms with Crippen LogP contribution in [0.15, 0.2) is 11.6 Å². The number of ether oxygens (including phenoxy) is 1. The topological polar surface area (TPSA) is 41.5 Å². The fourth-order valence-corrected chi connectivity index (χ4v) is 1.77. The van der Waals surface area contributed by atoms with Crippen molar-refractivity contribution in [3.63, 3.8) is 0 Å². The zero-order valence-corrected chi connectivity index (χ0v) is 9.67. The van der Waals surface area contributed by atoms with E-state index in [9.17, 15) is 0 Å². The molecule has 1 aliphatic rings. The highest BCUT2D eigenvalue weighted by molar-refractivity contribution is 5.04. The maximum absolute atomic E-state index is 8.69. The van der Waals surface area contributed by atoms with Crippen molar-refractivity contribution < 1.29 is 9.84 Å². The normalized spacial score (nSPS) is 18.7. The highest BCUT2D eigenvalue weighted by Crippen LogP contribution is 2.10. The van der Waals surface area contributed by atoms with Crippen LogP contribution in [0.4, 0.5) is 0 Å². The summed E-state index contributed by atoms with van der Waals surface area (Å²) in [6, 6.07) is 0.512. The maximum atomic E-state index is 8.69. The van der Waals surface area contributed by atoms with Crippen molar-refractivity contribution in [1.82, 2.24) is 5.32 Å². The van der Waals surface area contributed by atoms with Crippen molar-refractivity contribution in [2.75, 3.05) is 26.4 Å². The summed E-state index contributed by atoms with van der Waals surface area (Å²) >= 11 is 0. The van der Waals surface area contributed by atoms with Crippen molar-refractivity contribution in [2.24, 2.45) is 0 Å². The fraction of sp³-hybridized carbons (Fsp3) is 0.833. The summed E-state index contributed by atoms with van der Waals surface area (Å²) < 4.78 is 5.26. The largest absolute Gasteiger partial charge is 0.396 e. The summed E-state index contributed by atoms with van der Waals surface area (Å²) in [4.78, 5) is 0. The molecule has 15 heavy (non-hydrogen) atoms. The number of nitrogens with one attached hydrogen (secondary N) is 1. The first-order chi connectivity index (χ1) is 7.33. The van der Waals surface area contributed by atoms with Gasteiger partial charge >= 0.3 is 0 Å². The van der Waals surface area contributed by atoms with Crippen molar-refractivity contribution in [2.45, 2.75) is 38.6 Å². The number of hydrogen-bond acceptors (Lipinski definition) is 3. The van der Waals surface area contributed by atoms with E-state index in [1.807, 2.05) is 0 Å². The Kier molecular flexibility index (Phi) is 6.64. The van der Waals surface area contributed by atoms with Crippen LogP contribution < -0.4 is 5.32 Å². The van der Waals surface area contributed by atoms with Crippen LogP contribution in [0, 0.1) is 0 Å². The lowest BCUT2D eigenvalue weighted by Crippen LogP contribution is -2.27. The second-order valence-corrected chi connectivity index (χ2v) is 4.16. The van der Waals surface area contributed by atoms with Crippen LogP contribution in [0.3, 0.4) is 0 Å². The SMILES string of the molecule is CC(CCCO)NCCC1=CCOCC1. The lowest BCUT2D eigenvalue weighted by Gasteiger charge is -2.16. The van der Waals surface area contributed by atoms with Crippen molar-refractivity contribution in [1.29, 1.82) is 0 Å². The Balaban J connectivity index is 2.02. The van der Waals surface area contributed by atoms with Gasteiger partial charge in [0.1, 0.15) is 0 Å². The summed E-state index contributed by atoms with van der Waals surface area (Å²) in [6.07, 6.45) is 6.37. The van der Waals surface area contributed by atoms with E-state index in [1.54, 1.807) is 0 Å². The van der Waals surface area contributed by atoms with Crippen LogP contribution in [-0.4, -0.2) is 37.5 Å². The molecule has 88 valence electrons. The molecule has 1 aliphatic heterocycles. The van der Waals surface area contributed by atoms with Crippen LogP contribution >= 0.6 is 0 Å². The first kappa shape index (κ1) is 12.7. The van der Waals surface area contributed by atoms with Gasteiger partial charge in [0, 0.05) is 12.6 Å². The zero-order valence-electron chi connectivity index (χ0n) is 9.67. The molecule has 1 unspecified atom stereocenters. The molecule has 3 nitrogen and oxygen atoms in total. The molecule has 1 atom stereocenters. The van der Waals surface area contributed by atoms with Gasteiger partial charge in [0.15, 0.2) is 0 Å². The van der Waals surface area contributed by atoms with E-state index >= 15 is 0 Å². The molecule has 0 saturated heterocycles. The molecule has 0 aromatic rings. The number of aliphatic hydroxyl groups is 1. The van der Waals surface area contributed by atoms with Gasteiger partial charge in [0.2, 0.25) is 0 Å². The van der Waals surface area contributed by atoms with E-state index in [2.05, 4.69) is 18.3 Å². The molecule has 2 N–H and O–H groups in total. The molecular formula is C12H23NO2. The van der Waals surface area contributed by atoms with Crippen molar-refractivity contribution in [3.8, 4) is 0 Å². The minimum absolute atomic E-state index is 0.300. The first-order valence-electron chi connectivity index (χ1n) is 5.93. The molecule has 1 heterocycles. The van der Waals surface area contributed by atoms with Crippen molar-refractivity contribution in [3.05, 3.63) is 11.6 Å². The average Bonchev–Trinajstić information content (AvgIpc) is 2.28. The lowest BCUT2D eigenvalue weighted by atomic mass is 10.1. The smallest absolute Gasteiger partial charge is 0.0650 e. The zero-order chi connectivity index (χ0) is 10.9. The van der Waals surface area contributed by atoms with Gasteiger partial charge < -0.3 is 15.2 Å². The van der Waals surface area contributed by atoms with E-state index in [1.165, 1.54) is 5.57 Å². The quantitative estimate of drug-likeness (QED) is 0.629. The van der Waals surface area contributed by atoms with Gasteiger partial charge in [-0.2, -0.15) is 0 Å². The highest BCUT2D eigenvalue weighted by atomic mass is 16.5. The average molecular weight is 213 g/mol. The van der Waals surface area contributed by atoms with Crippen LogP contribution in [0.5, 0.6) is 0 Å². The molecular weight excluding hydrogens is 190 g/mol. The minimum atomic E-state index is 0.300. The minimum Gasteiger partial charge on any atom is -0.396 e. The highest BCUT2D eigenvalue weighted by Gasteiger charge is 2.04. The van der Waals surface area contributed by atoms with E-state index in [0.717, 1.165) is 45.4 Å². The van der Waals surface area contributed by atoms with Gasteiger partial charge in [-0.1, -0.05) is 11.6 Å². The molecule has 0 aromatic carbocycles. The molecule has 0 aromatic heterocycles. The lowest BCUT2D eigenvalue weighted by molar-refractivity contribution is 0.153. The van der Waals surface area contributed by atoms with Crippen LogP contribution in [0.2, 0.25) is 0 Å². The Hall–Kier alpha value is -0.380. The van der Waals surface area contributed by atoms with Gasteiger partial charge in [0.05, 0.1) is 13.2 Å². The van der Waals surface area contributed by atoms with Crippen LogP contribution in [0.25, 0.3) is 0 Å². The number of hydrogen-bond donors (Lipinski definition) is 2. The van der Waals surface area contributed by atoms with Gasteiger partial charge in [-0.3, -0.25) is 0 Å². The Morgan fingerprint density at radius 1 is 1.60 bits per heavy atom. The maximum Gasteiger partial charge on any atom is 0.0650 e. The molecule has 0 bridgehead atoms. The third kappa shape index (κ3) is 5.92. The second kappa shape index (κ2) is 7.85. The summed E-state index contributed by atoms with van der Waals surface area (Å²) in [5.74, 6) is 0. The predicted molar refractivity (Wildman–Crippen MR) is 61.9 cm³/mol. The molecule has 0 radical (unpaired) electrons. The van der Waals surface area contributed by atoms with Crippen LogP contribution in [0.1, 0.15) is 32.6 Å². The molecule has 3 heteroatoms. The standard InChI is InChI=1S/C12H23NO2/c1-11(3-2-8-14)13-7-4-12-5-9-15-10-6-12/h5,11,13-14H,2-4,6-10H2,1H3. The molecule has 0 aliphatic carbocycles. The van der Waals surface area contributed by atoms with Crippen molar-refractivity contribution >= 4 is 0 Å². The molecule has 0 fully saturated rings. The van der Waals surface area contributed by atoms with Crippen LogP contribution in [-0.2, 0) is 4.74 Å². The monoisotopic (exact) mass is 213 g/mol. The van der Waals surface area contributed by atoms with E-state index in [4.69, 9.17) is 9.84 Å². The Bertz CT molecular complexity index is 192. The molecule has 0 amide bonds. The third-order valence-corrected chi connectivity index (χ3v) is 2.79. The fourth-order valence-electron chi connectivity index (χ4n) is 1.77. The van der Waals surface area contributed by atoms with E-state index in [0.29, 0.717) is 12.6 Å². The molecule has 0 saturated carbocycles. The number of rotatable bonds is 7. The summed E-state index contributed by atoms with van der Waals surface area (Å²) in [5.41, 5.74) is 1.52. The van der Waals surface area contributed by atoms with Gasteiger partial charge in [-0.15, -0.1) is 0 Å². The second-order valence-electron chi connectivity index (χ2n) is 4.16. The van der Waals surface area contributed by atoms with Gasteiger partial charge in [0.25, 0.3) is 0 Å². The van der Waals surface area contributed by atoms with E-state index < -0.39 is 0 Å². The van der Waals surface area contributed by atoms with Gasteiger partial charge in [-0.25, -0.2) is 0 Å².